The van der Waals surface area contributed by atoms with Crippen molar-refractivity contribution < 1.29 is 14.3 Å². The molecule has 2 amide bonds. The third-order valence-electron chi connectivity index (χ3n) is 4.29. The lowest BCUT2D eigenvalue weighted by atomic mass is 10.2. The minimum atomic E-state index is -0.468. The first-order valence-corrected chi connectivity index (χ1v) is 9.31. The van der Waals surface area contributed by atoms with Crippen molar-refractivity contribution in [2.45, 2.75) is 13.5 Å². The number of nitrogens with one attached hydrogen (secondary N) is 1. The Morgan fingerprint density at radius 1 is 1.23 bits per heavy atom. The average molecular weight is 374 g/mol. The number of ether oxygens (including phenoxy) is 1. The van der Waals surface area contributed by atoms with Gasteiger partial charge >= 0.3 is 12.0 Å². The maximum atomic E-state index is 12.5. The van der Waals surface area contributed by atoms with E-state index < -0.39 is 5.97 Å². The number of para-hydroxylation sites is 1. The number of anilines is 1. The zero-order chi connectivity index (χ0) is 18.5. The Bertz CT molecular complexity index is 784. The van der Waals surface area contributed by atoms with E-state index in [-0.39, 0.29) is 6.03 Å². The molecule has 1 aliphatic heterocycles. The number of hydrogen-bond donors (Lipinski definition) is 1. The topological polar surface area (TPSA) is 74.8 Å². The summed E-state index contributed by atoms with van der Waals surface area (Å²) in [6.07, 6.45) is 0. The van der Waals surface area contributed by atoms with Gasteiger partial charge in [0, 0.05) is 38.1 Å². The molecule has 26 heavy (non-hydrogen) atoms. The van der Waals surface area contributed by atoms with Crippen molar-refractivity contribution in [3.8, 4) is 0 Å². The molecule has 1 aliphatic rings. The zero-order valence-corrected chi connectivity index (χ0v) is 15.7. The van der Waals surface area contributed by atoms with Gasteiger partial charge in [-0.2, -0.15) is 0 Å². The number of hydrogen-bond acceptors (Lipinski definition) is 6. The summed E-state index contributed by atoms with van der Waals surface area (Å²) in [4.78, 5) is 32.9. The summed E-state index contributed by atoms with van der Waals surface area (Å²) in [5.74, 6) is -0.468. The number of benzene rings is 1. The van der Waals surface area contributed by atoms with Gasteiger partial charge in [0.1, 0.15) is 0 Å². The molecule has 8 heteroatoms. The van der Waals surface area contributed by atoms with Crippen LogP contribution in [-0.4, -0.2) is 60.1 Å². The minimum Gasteiger partial charge on any atom is -0.465 e. The molecule has 1 saturated heterocycles. The predicted molar refractivity (Wildman–Crippen MR) is 101 cm³/mol. The second kappa shape index (κ2) is 8.29. The first kappa shape index (κ1) is 18.3. The third-order valence-corrected chi connectivity index (χ3v) is 5.11. The molecule has 2 aromatic rings. The van der Waals surface area contributed by atoms with Crippen LogP contribution in [-0.2, 0) is 11.3 Å². The smallest absolute Gasteiger partial charge is 0.339 e. The van der Waals surface area contributed by atoms with Crippen molar-refractivity contribution in [1.29, 1.82) is 0 Å². The number of aryl methyl sites for hydroxylation is 1. The van der Waals surface area contributed by atoms with Crippen molar-refractivity contribution in [1.82, 2.24) is 14.8 Å². The molecule has 1 N–H and O–H groups in total. The van der Waals surface area contributed by atoms with Gasteiger partial charge in [-0.05, 0) is 19.1 Å². The van der Waals surface area contributed by atoms with Crippen LogP contribution in [0.3, 0.4) is 0 Å². The van der Waals surface area contributed by atoms with E-state index in [0.29, 0.717) is 24.3 Å². The van der Waals surface area contributed by atoms with E-state index in [0.717, 1.165) is 30.3 Å². The predicted octanol–water partition coefficient (Wildman–Crippen LogP) is 2.59. The van der Waals surface area contributed by atoms with Crippen LogP contribution in [0.4, 0.5) is 10.5 Å². The van der Waals surface area contributed by atoms with Crippen molar-refractivity contribution in [3.63, 3.8) is 0 Å². The molecule has 0 unspecified atom stereocenters. The number of aromatic nitrogens is 1. The molecule has 138 valence electrons. The third kappa shape index (κ3) is 4.39. The Labute approximate surface area is 156 Å². The Balaban J connectivity index is 1.55. The van der Waals surface area contributed by atoms with Crippen LogP contribution < -0.4 is 5.32 Å². The number of nitrogens with zero attached hydrogens (tertiary/aromatic N) is 3. The Morgan fingerprint density at radius 3 is 2.62 bits per heavy atom. The highest BCUT2D eigenvalue weighted by atomic mass is 32.1. The van der Waals surface area contributed by atoms with Gasteiger partial charge in [0.15, 0.2) is 0 Å². The summed E-state index contributed by atoms with van der Waals surface area (Å²) < 4.78 is 4.76. The molecule has 0 saturated carbocycles. The first-order valence-electron chi connectivity index (χ1n) is 8.43. The summed E-state index contributed by atoms with van der Waals surface area (Å²) >= 11 is 1.66. The number of carbonyl (C=O) groups excluding carboxylic acids is 2. The Hall–Kier alpha value is -2.45. The fourth-order valence-electron chi connectivity index (χ4n) is 2.89. The number of thiazole rings is 1. The molecule has 1 aromatic carbocycles. The van der Waals surface area contributed by atoms with Gasteiger partial charge in [0.2, 0.25) is 0 Å². The Kier molecular flexibility index (Phi) is 5.85. The lowest BCUT2D eigenvalue weighted by molar-refractivity contribution is 0.0602. The van der Waals surface area contributed by atoms with Crippen LogP contribution in [0.25, 0.3) is 0 Å². The zero-order valence-electron chi connectivity index (χ0n) is 14.9. The molecular formula is C18H22N4O3S. The number of urea groups is 1. The van der Waals surface area contributed by atoms with E-state index >= 15 is 0 Å². The molecule has 2 heterocycles. The summed E-state index contributed by atoms with van der Waals surface area (Å²) in [6.45, 7) is 5.67. The molecular weight excluding hydrogens is 352 g/mol. The number of esters is 1. The van der Waals surface area contributed by atoms with Gasteiger partial charge in [0.05, 0.1) is 29.1 Å². The molecule has 0 atom stereocenters. The fraction of sp³-hybridized carbons (Fsp3) is 0.389. The SMILES string of the molecule is COC(=O)c1ccccc1NC(=O)N1CCN(Cc2csc(C)n2)CC1. The number of amides is 2. The molecule has 0 bridgehead atoms. The fourth-order valence-corrected chi connectivity index (χ4v) is 3.50. The van der Waals surface area contributed by atoms with Gasteiger partial charge in [-0.25, -0.2) is 14.6 Å². The summed E-state index contributed by atoms with van der Waals surface area (Å²) in [5, 5.41) is 5.97. The summed E-state index contributed by atoms with van der Waals surface area (Å²) in [6, 6.07) is 6.64. The van der Waals surface area contributed by atoms with Crippen molar-refractivity contribution in [2.24, 2.45) is 0 Å². The second-order valence-corrected chi connectivity index (χ2v) is 7.15. The molecule has 3 rings (SSSR count). The first-order chi connectivity index (χ1) is 12.6. The van der Waals surface area contributed by atoms with E-state index in [9.17, 15) is 9.59 Å². The molecule has 0 radical (unpaired) electrons. The molecule has 0 spiro atoms. The highest BCUT2D eigenvalue weighted by Crippen LogP contribution is 2.17. The highest BCUT2D eigenvalue weighted by molar-refractivity contribution is 7.09. The number of rotatable bonds is 4. The van der Waals surface area contributed by atoms with E-state index in [4.69, 9.17) is 4.74 Å². The maximum Gasteiger partial charge on any atom is 0.339 e. The maximum absolute atomic E-state index is 12.5. The van der Waals surface area contributed by atoms with E-state index in [1.165, 1.54) is 7.11 Å². The molecule has 0 aliphatic carbocycles. The largest absolute Gasteiger partial charge is 0.465 e. The van der Waals surface area contributed by atoms with Gasteiger partial charge < -0.3 is 15.0 Å². The van der Waals surface area contributed by atoms with Crippen LogP contribution in [0.1, 0.15) is 21.1 Å². The van der Waals surface area contributed by atoms with Crippen LogP contribution in [0.5, 0.6) is 0 Å². The molecule has 7 nitrogen and oxygen atoms in total. The van der Waals surface area contributed by atoms with Gasteiger partial charge in [0.25, 0.3) is 0 Å². The van der Waals surface area contributed by atoms with Crippen molar-refractivity contribution >= 4 is 29.0 Å². The summed E-state index contributed by atoms with van der Waals surface area (Å²) in [7, 11) is 1.32. The minimum absolute atomic E-state index is 0.203. The standard InChI is InChI=1S/C18H22N4O3S/c1-13-19-14(12-26-13)11-21-7-9-22(10-8-21)18(24)20-16-6-4-3-5-15(16)17(23)25-2/h3-6,12H,7-11H2,1-2H3,(H,20,24). The number of carbonyl (C=O) groups is 2. The summed E-state index contributed by atoms with van der Waals surface area (Å²) in [5.41, 5.74) is 1.89. The van der Waals surface area contributed by atoms with E-state index in [1.807, 2.05) is 6.92 Å². The highest BCUT2D eigenvalue weighted by Gasteiger charge is 2.23. The number of methoxy groups -OCH3 is 1. The lowest BCUT2D eigenvalue weighted by Gasteiger charge is -2.34. The normalized spacial score (nSPS) is 14.9. The monoisotopic (exact) mass is 374 g/mol. The molecule has 1 fully saturated rings. The van der Waals surface area contributed by atoms with Crippen LogP contribution in [0.15, 0.2) is 29.6 Å². The lowest BCUT2D eigenvalue weighted by Crippen LogP contribution is -2.49. The quantitative estimate of drug-likeness (QED) is 0.833. The van der Waals surface area contributed by atoms with Crippen molar-refractivity contribution in [3.05, 3.63) is 45.9 Å². The van der Waals surface area contributed by atoms with Crippen molar-refractivity contribution in [2.75, 3.05) is 38.6 Å². The Morgan fingerprint density at radius 2 is 1.96 bits per heavy atom. The van der Waals surface area contributed by atoms with E-state index in [1.54, 1.807) is 40.5 Å². The second-order valence-electron chi connectivity index (χ2n) is 6.09. The van der Waals surface area contributed by atoms with Crippen LogP contribution in [0, 0.1) is 6.92 Å². The van der Waals surface area contributed by atoms with Gasteiger partial charge in [-0.3, -0.25) is 4.90 Å². The average Bonchev–Trinajstić information content (AvgIpc) is 3.07. The van der Waals surface area contributed by atoms with E-state index in [2.05, 4.69) is 20.6 Å². The van der Waals surface area contributed by atoms with Gasteiger partial charge in [-0.1, -0.05) is 12.1 Å². The number of piperazine rings is 1. The van der Waals surface area contributed by atoms with Gasteiger partial charge in [-0.15, -0.1) is 11.3 Å². The van der Waals surface area contributed by atoms with Crippen LogP contribution >= 0.6 is 11.3 Å². The van der Waals surface area contributed by atoms with Crippen LogP contribution in [0.2, 0.25) is 0 Å². The molecule has 1 aromatic heterocycles.